The van der Waals surface area contributed by atoms with Crippen LogP contribution in [0.5, 0.6) is 0 Å². The molecule has 9 heteroatoms. The fourth-order valence-corrected chi connectivity index (χ4v) is 3.89. The van der Waals surface area contributed by atoms with Crippen LogP contribution in [-0.4, -0.2) is 37.7 Å². The minimum Gasteiger partial charge on any atom is -0.359 e. The number of hydrogen-bond acceptors (Lipinski definition) is 6. The van der Waals surface area contributed by atoms with Crippen molar-refractivity contribution in [1.82, 2.24) is 25.0 Å². The fourth-order valence-electron chi connectivity index (χ4n) is 3.17. The normalized spacial score (nSPS) is 22.6. The third-order valence-corrected chi connectivity index (χ3v) is 5.37. The highest BCUT2D eigenvalue weighted by Gasteiger charge is 2.48. The minimum atomic E-state index is -0.927. The fraction of sp³-hybridized carbons (Fsp3) is 0.375. The Morgan fingerprint density at radius 2 is 2.24 bits per heavy atom. The molecule has 1 fully saturated rings. The number of anilines is 1. The van der Waals surface area contributed by atoms with Crippen LogP contribution < -0.4 is 5.32 Å². The van der Waals surface area contributed by atoms with Gasteiger partial charge >= 0.3 is 0 Å². The molecule has 0 atom stereocenters. The van der Waals surface area contributed by atoms with Crippen LogP contribution in [-0.2, 0) is 12.5 Å². The molecule has 3 aromatic heterocycles. The first-order chi connectivity index (χ1) is 12.1. The summed E-state index contributed by atoms with van der Waals surface area (Å²) < 4.78 is 29.4. The molecule has 0 spiro atoms. The van der Waals surface area contributed by atoms with Crippen molar-refractivity contribution in [3.8, 4) is 10.6 Å². The van der Waals surface area contributed by atoms with Gasteiger partial charge in [0.2, 0.25) is 5.13 Å². The minimum absolute atomic E-state index is 0.252. The Balaban J connectivity index is 1.51. The molecular weight excluding hydrogens is 346 g/mol. The first kappa shape index (κ1) is 16.1. The van der Waals surface area contributed by atoms with E-state index in [2.05, 4.69) is 25.6 Å². The molecule has 25 heavy (non-hydrogen) atoms. The van der Waals surface area contributed by atoms with Crippen LogP contribution in [0.3, 0.4) is 0 Å². The standard InChI is InChI=1S/C16H16F2N6S/c1-24-8-10(7-21-24)14-22-23-15(25-14)20-9-16(5-11(17)6-16)13-12(18)3-2-4-19-13/h2-4,7-8,11H,5-6,9H2,1H3,(H,20,23)/t11-,16-. The van der Waals surface area contributed by atoms with Crippen molar-refractivity contribution >= 4 is 16.5 Å². The van der Waals surface area contributed by atoms with Gasteiger partial charge in [0.1, 0.15) is 12.0 Å². The van der Waals surface area contributed by atoms with Crippen molar-refractivity contribution in [3.05, 3.63) is 42.2 Å². The van der Waals surface area contributed by atoms with Gasteiger partial charge in [0, 0.05) is 31.4 Å². The highest BCUT2D eigenvalue weighted by Crippen LogP contribution is 2.45. The van der Waals surface area contributed by atoms with Crippen molar-refractivity contribution in [2.45, 2.75) is 24.4 Å². The van der Waals surface area contributed by atoms with Crippen LogP contribution in [0.15, 0.2) is 30.7 Å². The largest absolute Gasteiger partial charge is 0.359 e. The molecule has 0 aliphatic heterocycles. The number of rotatable bonds is 5. The van der Waals surface area contributed by atoms with E-state index in [-0.39, 0.29) is 12.8 Å². The molecule has 4 rings (SSSR count). The average molecular weight is 362 g/mol. The lowest BCUT2D eigenvalue weighted by atomic mass is 9.65. The van der Waals surface area contributed by atoms with Crippen molar-refractivity contribution in [3.63, 3.8) is 0 Å². The summed E-state index contributed by atoms with van der Waals surface area (Å²) in [5.41, 5.74) is 0.546. The predicted molar refractivity (Wildman–Crippen MR) is 90.6 cm³/mol. The molecule has 1 saturated carbocycles. The molecule has 3 aromatic rings. The number of alkyl halides is 1. The number of nitrogens with one attached hydrogen (secondary N) is 1. The van der Waals surface area contributed by atoms with Gasteiger partial charge in [-0.05, 0) is 25.0 Å². The van der Waals surface area contributed by atoms with E-state index >= 15 is 0 Å². The Morgan fingerprint density at radius 1 is 1.40 bits per heavy atom. The van der Waals surface area contributed by atoms with Gasteiger partial charge in [0.05, 0.1) is 17.5 Å². The molecule has 0 saturated heterocycles. The first-order valence-corrected chi connectivity index (χ1v) is 8.69. The van der Waals surface area contributed by atoms with Gasteiger partial charge in [-0.2, -0.15) is 5.10 Å². The van der Waals surface area contributed by atoms with E-state index in [1.54, 1.807) is 10.9 Å². The van der Waals surface area contributed by atoms with Gasteiger partial charge in [-0.15, -0.1) is 10.2 Å². The second-order valence-electron chi connectivity index (χ2n) is 6.29. The zero-order chi connectivity index (χ0) is 17.4. The van der Waals surface area contributed by atoms with Crippen molar-refractivity contribution in [2.75, 3.05) is 11.9 Å². The van der Waals surface area contributed by atoms with E-state index < -0.39 is 17.4 Å². The van der Waals surface area contributed by atoms with Crippen LogP contribution in [0.2, 0.25) is 0 Å². The maximum absolute atomic E-state index is 14.1. The summed E-state index contributed by atoms with van der Waals surface area (Å²) in [6, 6.07) is 2.90. The smallest absolute Gasteiger partial charge is 0.206 e. The number of nitrogens with zero attached hydrogens (tertiary/aromatic N) is 5. The van der Waals surface area contributed by atoms with Crippen LogP contribution in [0, 0.1) is 5.82 Å². The lowest BCUT2D eigenvalue weighted by Crippen LogP contribution is -2.48. The first-order valence-electron chi connectivity index (χ1n) is 7.87. The Bertz CT molecular complexity index is 886. The molecule has 130 valence electrons. The Morgan fingerprint density at radius 3 is 2.92 bits per heavy atom. The summed E-state index contributed by atoms with van der Waals surface area (Å²) in [7, 11) is 1.83. The third-order valence-electron chi connectivity index (χ3n) is 4.44. The van der Waals surface area contributed by atoms with Crippen molar-refractivity contribution in [2.24, 2.45) is 7.05 Å². The second kappa shape index (κ2) is 6.14. The monoisotopic (exact) mass is 362 g/mol. The summed E-state index contributed by atoms with van der Waals surface area (Å²) in [6.45, 7) is 0.364. The number of aromatic nitrogens is 5. The quantitative estimate of drug-likeness (QED) is 0.756. The molecule has 1 aliphatic carbocycles. The number of pyridine rings is 1. The zero-order valence-electron chi connectivity index (χ0n) is 13.5. The third kappa shape index (κ3) is 2.99. The van der Waals surface area contributed by atoms with Gasteiger partial charge < -0.3 is 5.32 Å². The van der Waals surface area contributed by atoms with Crippen LogP contribution >= 0.6 is 11.3 Å². The van der Waals surface area contributed by atoms with Crippen LogP contribution in [0.1, 0.15) is 18.5 Å². The van der Waals surface area contributed by atoms with Gasteiger partial charge in [0.15, 0.2) is 5.01 Å². The SMILES string of the molecule is Cn1cc(-c2nnc(NC[C@]3(c4ncccc4F)C[C@H](F)C3)s2)cn1. The molecule has 0 unspecified atom stereocenters. The molecule has 1 N–H and O–H groups in total. The Kier molecular flexibility index (Phi) is 3.95. The second-order valence-corrected chi connectivity index (χ2v) is 7.27. The number of halogens is 2. The van der Waals surface area contributed by atoms with Crippen molar-refractivity contribution in [1.29, 1.82) is 0 Å². The van der Waals surface area contributed by atoms with E-state index in [9.17, 15) is 8.78 Å². The van der Waals surface area contributed by atoms with Gasteiger partial charge in [0.25, 0.3) is 0 Å². The molecule has 6 nitrogen and oxygen atoms in total. The summed E-state index contributed by atoms with van der Waals surface area (Å²) in [5, 5.41) is 16.9. The Hall–Kier alpha value is -2.42. The molecule has 0 amide bonds. The van der Waals surface area contributed by atoms with Crippen LogP contribution in [0.4, 0.5) is 13.9 Å². The van der Waals surface area contributed by atoms with Gasteiger partial charge in [-0.3, -0.25) is 9.67 Å². The maximum Gasteiger partial charge on any atom is 0.206 e. The van der Waals surface area contributed by atoms with Gasteiger partial charge in [-0.25, -0.2) is 8.78 Å². The van der Waals surface area contributed by atoms with E-state index in [4.69, 9.17) is 0 Å². The number of aryl methyl sites for hydroxylation is 1. The maximum atomic E-state index is 14.1. The lowest BCUT2D eigenvalue weighted by Gasteiger charge is -2.43. The molecule has 0 aromatic carbocycles. The van der Waals surface area contributed by atoms with Gasteiger partial charge in [-0.1, -0.05) is 11.3 Å². The summed E-state index contributed by atoms with van der Waals surface area (Å²) in [4.78, 5) is 4.15. The van der Waals surface area contributed by atoms with E-state index in [1.165, 1.54) is 29.7 Å². The molecule has 0 radical (unpaired) electrons. The summed E-state index contributed by atoms with van der Waals surface area (Å²) >= 11 is 1.38. The Labute approximate surface area is 146 Å². The highest BCUT2D eigenvalue weighted by atomic mass is 32.1. The van der Waals surface area contributed by atoms with E-state index in [0.29, 0.717) is 17.4 Å². The van der Waals surface area contributed by atoms with Crippen LogP contribution in [0.25, 0.3) is 10.6 Å². The molecule has 1 aliphatic rings. The van der Waals surface area contributed by atoms with E-state index in [1.807, 2.05) is 13.2 Å². The highest BCUT2D eigenvalue weighted by molar-refractivity contribution is 7.18. The summed E-state index contributed by atoms with van der Waals surface area (Å²) in [6.07, 6.45) is 4.69. The topological polar surface area (TPSA) is 68.5 Å². The predicted octanol–water partition coefficient (Wildman–Crippen LogP) is 2.95. The average Bonchev–Trinajstić information content (AvgIpc) is 3.20. The lowest BCUT2D eigenvalue weighted by molar-refractivity contribution is 0.0965. The molecule has 3 heterocycles. The summed E-state index contributed by atoms with van der Waals surface area (Å²) in [5.74, 6) is -0.399. The van der Waals surface area contributed by atoms with E-state index in [0.717, 1.165) is 10.6 Å². The molecule has 0 bridgehead atoms. The molecular formula is C16H16F2N6S. The zero-order valence-corrected chi connectivity index (χ0v) is 14.3. The van der Waals surface area contributed by atoms with Crippen molar-refractivity contribution < 1.29 is 8.78 Å². The number of hydrogen-bond donors (Lipinski definition) is 1.